The molecule has 2 aromatic rings. The first-order valence-corrected chi connectivity index (χ1v) is 13.4. The molecule has 2 N–H and O–H groups in total. The zero-order valence-corrected chi connectivity index (χ0v) is 21.5. The molecule has 0 radical (unpaired) electrons. The number of rotatable bonds is 5. The fourth-order valence-electron chi connectivity index (χ4n) is 4.40. The maximum absolute atomic E-state index is 12.6. The van der Waals surface area contributed by atoms with E-state index in [2.05, 4.69) is 55.7 Å². The Kier molecular flexibility index (Phi) is 7.34. The third-order valence-electron chi connectivity index (χ3n) is 5.80. The normalized spacial score (nSPS) is 19.5. The molecule has 2 aromatic carbocycles. The largest absolute Gasteiger partial charge is 0.444 e. The summed E-state index contributed by atoms with van der Waals surface area (Å²) < 4.78 is 12.6. The molecule has 1 heterocycles. The van der Waals surface area contributed by atoms with Gasteiger partial charge in [-0.15, -0.1) is 0 Å². The van der Waals surface area contributed by atoms with Gasteiger partial charge in [-0.05, 0) is 36.2 Å². The maximum atomic E-state index is 12.6. The van der Waals surface area contributed by atoms with Crippen LogP contribution in [-0.2, 0) is 14.0 Å². The van der Waals surface area contributed by atoms with Gasteiger partial charge in [-0.1, -0.05) is 81.4 Å². The van der Waals surface area contributed by atoms with Crippen LogP contribution < -0.4 is 21.0 Å². The van der Waals surface area contributed by atoms with Crippen LogP contribution in [0.5, 0.6) is 0 Å². The molecular formula is C26H36N2O4Si. The molecule has 2 amide bonds. The van der Waals surface area contributed by atoms with Crippen LogP contribution in [0.4, 0.5) is 4.79 Å². The van der Waals surface area contributed by atoms with Crippen molar-refractivity contribution in [2.75, 3.05) is 6.54 Å². The molecule has 178 valence electrons. The molecule has 1 aliphatic heterocycles. The van der Waals surface area contributed by atoms with E-state index in [9.17, 15) is 9.59 Å². The topological polar surface area (TPSA) is 76.7 Å². The number of benzene rings is 2. The summed E-state index contributed by atoms with van der Waals surface area (Å²) in [5.74, 6) is -0.0832. The third kappa shape index (κ3) is 5.84. The maximum Gasteiger partial charge on any atom is 0.408 e. The molecule has 6 nitrogen and oxygen atoms in total. The Morgan fingerprint density at radius 1 is 0.939 bits per heavy atom. The van der Waals surface area contributed by atoms with Crippen molar-refractivity contribution in [3.8, 4) is 0 Å². The fraction of sp³-hybridized carbons (Fsp3) is 0.462. The lowest BCUT2D eigenvalue weighted by Gasteiger charge is -2.47. The van der Waals surface area contributed by atoms with E-state index >= 15 is 0 Å². The lowest BCUT2D eigenvalue weighted by atomic mass is 10.0. The summed E-state index contributed by atoms with van der Waals surface area (Å²) in [5.41, 5.74) is -0.615. The van der Waals surface area contributed by atoms with Gasteiger partial charge in [0.2, 0.25) is 5.91 Å². The Labute approximate surface area is 198 Å². The van der Waals surface area contributed by atoms with E-state index in [1.807, 2.05) is 57.2 Å². The Morgan fingerprint density at radius 3 is 1.91 bits per heavy atom. The lowest BCUT2D eigenvalue weighted by molar-refractivity contribution is -0.125. The van der Waals surface area contributed by atoms with Crippen molar-refractivity contribution in [2.24, 2.45) is 0 Å². The molecular weight excluding hydrogens is 432 g/mol. The molecule has 0 bridgehead atoms. The van der Waals surface area contributed by atoms with E-state index < -0.39 is 32.2 Å². The summed E-state index contributed by atoms with van der Waals surface area (Å²) in [6, 6.07) is 20.2. The zero-order chi connectivity index (χ0) is 24.3. The van der Waals surface area contributed by atoms with Gasteiger partial charge in [-0.2, -0.15) is 0 Å². The summed E-state index contributed by atoms with van der Waals surface area (Å²) in [5, 5.41) is 7.83. The predicted octanol–water partition coefficient (Wildman–Crippen LogP) is 3.34. The number of nitrogens with one attached hydrogen (secondary N) is 2. The van der Waals surface area contributed by atoms with Gasteiger partial charge in [0.25, 0.3) is 8.32 Å². The summed E-state index contributed by atoms with van der Waals surface area (Å²) in [4.78, 5) is 25.0. The van der Waals surface area contributed by atoms with Crippen molar-refractivity contribution < 1.29 is 18.8 Å². The number of piperidine rings is 1. The molecule has 0 unspecified atom stereocenters. The number of alkyl carbamates (subject to hydrolysis) is 1. The standard InChI is InChI=1S/C26H36N2O4Si/c1-25(2,3)31-24(30)28-21-18-27-23(29)17-22(21)32-33(26(4,5)6,19-13-9-7-10-14-19)20-15-11-8-12-16-20/h7-16,21-22H,17-18H2,1-6H3,(H,27,29)(H,28,30)/t21-,22+/m1/s1. The molecule has 33 heavy (non-hydrogen) atoms. The van der Waals surface area contributed by atoms with Crippen LogP contribution in [0.3, 0.4) is 0 Å². The Balaban J connectivity index is 2.04. The van der Waals surface area contributed by atoms with Gasteiger partial charge >= 0.3 is 6.09 Å². The molecule has 1 aliphatic rings. The van der Waals surface area contributed by atoms with Crippen LogP contribution >= 0.6 is 0 Å². The number of carbonyl (C=O) groups excluding carboxylic acids is 2. The monoisotopic (exact) mass is 468 g/mol. The highest BCUT2D eigenvalue weighted by Crippen LogP contribution is 2.38. The van der Waals surface area contributed by atoms with Crippen LogP contribution in [-0.4, -0.2) is 44.6 Å². The van der Waals surface area contributed by atoms with Gasteiger partial charge in [0.05, 0.1) is 18.6 Å². The molecule has 3 rings (SSSR count). The Morgan fingerprint density at radius 2 is 1.45 bits per heavy atom. The smallest absolute Gasteiger partial charge is 0.408 e. The van der Waals surface area contributed by atoms with E-state index in [1.165, 1.54) is 0 Å². The van der Waals surface area contributed by atoms with E-state index in [0.29, 0.717) is 6.54 Å². The van der Waals surface area contributed by atoms with Crippen LogP contribution in [0.15, 0.2) is 60.7 Å². The van der Waals surface area contributed by atoms with Crippen molar-refractivity contribution in [1.29, 1.82) is 0 Å². The minimum atomic E-state index is -2.88. The van der Waals surface area contributed by atoms with E-state index in [-0.39, 0.29) is 17.4 Å². The first-order valence-electron chi connectivity index (χ1n) is 11.5. The predicted molar refractivity (Wildman–Crippen MR) is 133 cm³/mol. The number of amides is 2. The van der Waals surface area contributed by atoms with Gasteiger partial charge in [0, 0.05) is 6.54 Å². The average molecular weight is 469 g/mol. The fourth-order valence-corrected chi connectivity index (χ4v) is 9.11. The van der Waals surface area contributed by atoms with E-state index in [0.717, 1.165) is 10.4 Å². The molecule has 0 saturated carbocycles. The van der Waals surface area contributed by atoms with Crippen molar-refractivity contribution in [3.63, 3.8) is 0 Å². The second kappa shape index (κ2) is 9.69. The highest BCUT2D eigenvalue weighted by molar-refractivity contribution is 6.99. The molecule has 0 spiro atoms. The SMILES string of the molecule is CC(C)(C)OC(=O)N[C@@H]1CNC(=O)C[C@@H]1O[Si](c1ccccc1)(c1ccccc1)C(C)(C)C. The first-order chi connectivity index (χ1) is 15.4. The molecule has 2 atom stereocenters. The molecule has 1 saturated heterocycles. The van der Waals surface area contributed by atoms with Crippen LogP contribution in [0.1, 0.15) is 48.0 Å². The van der Waals surface area contributed by atoms with Gasteiger partial charge in [0.1, 0.15) is 5.60 Å². The summed E-state index contributed by atoms with van der Waals surface area (Å²) in [6.45, 7) is 12.3. The van der Waals surface area contributed by atoms with Gasteiger partial charge < -0.3 is 19.8 Å². The van der Waals surface area contributed by atoms with Crippen molar-refractivity contribution >= 4 is 30.7 Å². The molecule has 0 aromatic heterocycles. The van der Waals surface area contributed by atoms with Crippen LogP contribution in [0, 0.1) is 0 Å². The zero-order valence-electron chi connectivity index (χ0n) is 20.5. The average Bonchev–Trinajstić information content (AvgIpc) is 2.73. The highest BCUT2D eigenvalue weighted by Gasteiger charge is 2.53. The number of hydrogen-bond acceptors (Lipinski definition) is 4. The second-order valence-corrected chi connectivity index (χ2v) is 14.8. The minimum absolute atomic E-state index is 0.0832. The van der Waals surface area contributed by atoms with Crippen LogP contribution in [0.2, 0.25) is 5.04 Å². The highest BCUT2D eigenvalue weighted by atomic mass is 28.4. The van der Waals surface area contributed by atoms with Gasteiger partial charge in [-0.25, -0.2) is 4.79 Å². The number of hydrogen-bond donors (Lipinski definition) is 2. The molecule has 7 heteroatoms. The Hall–Kier alpha value is -2.64. The quantitative estimate of drug-likeness (QED) is 0.660. The lowest BCUT2D eigenvalue weighted by Crippen LogP contribution is -2.70. The summed E-state index contributed by atoms with van der Waals surface area (Å²) in [6.07, 6.45) is -0.831. The van der Waals surface area contributed by atoms with Crippen molar-refractivity contribution in [2.45, 2.75) is 70.7 Å². The number of carbonyl (C=O) groups is 2. The second-order valence-electron chi connectivity index (χ2n) is 10.6. The molecule has 1 fully saturated rings. The van der Waals surface area contributed by atoms with E-state index in [1.54, 1.807) is 0 Å². The Bertz CT molecular complexity index is 912. The van der Waals surface area contributed by atoms with Crippen molar-refractivity contribution in [1.82, 2.24) is 10.6 Å². The van der Waals surface area contributed by atoms with Crippen LogP contribution in [0.25, 0.3) is 0 Å². The summed E-state index contributed by atoms with van der Waals surface area (Å²) >= 11 is 0. The van der Waals surface area contributed by atoms with Crippen molar-refractivity contribution in [3.05, 3.63) is 60.7 Å². The summed E-state index contributed by atoms with van der Waals surface area (Å²) in [7, 11) is -2.88. The first kappa shape index (κ1) is 25.0. The third-order valence-corrected chi connectivity index (χ3v) is 10.9. The van der Waals surface area contributed by atoms with Gasteiger partial charge in [-0.3, -0.25) is 4.79 Å². The number of ether oxygens (including phenoxy) is 1. The van der Waals surface area contributed by atoms with E-state index in [4.69, 9.17) is 9.16 Å². The molecule has 0 aliphatic carbocycles. The minimum Gasteiger partial charge on any atom is -0.444 e. The van der Waals surface area contributed by atoms with Gasteiger partial charge in [0.15, 0.2) is 0 Å².